The number of aliphatic hydroxyl groups excluding tert-OH is 2. The van der Waals surface area contributed by atoms with Gasteiger partial charge in [-0.25, -0.2) is 0 Å². The lowest BCUT2D eigenvalue weighted by Gasteiger charge is -2.72. The van der Waals surface area contributed by atoms with E-state index in [4.69, 9.17) is 0 Å². The summed E-state index contributed by atoms with van der Waals surface area (Å²) in [7, 11) is 0. The van der Waals surface area contributed by atoms with E-state index in [-0.39, 0.29) is 45.0 Å². The molecule has 9 atom stereocenters. The summed E-state index contributed by atoms with van der Waals surface area (Å²) in [6, 6.07) is 0. The maximum atomic E-state index is 12.8. The third-order valence-electron chi connectivity index (χ3n) is 12.9. The Kier molecular flexibility index (Phi) is 5.20. The van der Waals surface area contributed by atoms with E-state index in [0.29, 0.717) is 5.92 Å². The largest absolute Gasteiger partial charge is 0.481 e. The molecule has 0 amide bonds. The van der Waals surface area contributed by atoms with Crippen molar-refractivity contribution in [3.8, 4) is 0 Å². The third kappa shape index (κ3) is 2.88. The average Bonchev–Trinajstić information content (AvgIpc) is 2.70. The zero-order valence-electron chi connectivity index (χ0n) is 22.6. The summed E-state index contributed by atoms with van der Waals surface area (Å²) in [4.78, 5) is 12.8. The lowest BCUT2D eigenvalue weighted by molar-refractivity contribution is -0.242. The van der Waals surface area contributed by atoms with Crippen LogP contribution in [0.15, 0.2) is 11.6 Å². The zero-order chi connectivity index (χ0) is 25.1. The highest BCUT2D eigenvalue weighted by Crippen LogP contribution is 2.75. The number of fused-ring (bicyclic) bond motifs is 7. The van der Waals surface area contributed by atoms with Gasteiger partial charge in [-0.1, -0.05) is 60.1 Å². The predicted molar refractivity (Wildman–Crippen MR) is 134 cm³/mol. The van der Waals surface area contributed by atoms with Crippen LogP contribution in [-0.4, -0.2) is 33.5 Å². The molecule has 5 rings (SSSR count). The Balaban J connectivity index is 1.63. The fourth-order valence-electron chi connectivity index (χ4n) is 10.8. The van der Waals surface area contributed by atoms with Crippen LogP contribution in [0.25, 0.3) is 0 Å². The summed E-state index contributed by atoms with van der Waals surface area (Å²) in [5.41, 5.74) is 0.421. The Bertz CT molecular complexity index is 919. The van der Waals surface area contributed by atoms with Gasteiger partial charge in [0, 0.05) is 0 Å². The maximum Gasteiger partial charge on any atom is 0.310 e. The van der Waals surface area contributed by atoms with Gasteiger partial charge in [0.15, 0.2) is 0 Å². The van der Waals surface area contributed by atoms with Crippen LogP contribution in [0.4, 0.5) is 0 Å². The second-order valence-electron chi connectivity index (χ2n) is 15.2. The summed E-state index contributed by atoms with van der Waals surface area (Å²) in [5, 5.41) is 33.1. The van der Waals surface area contributed by atoms with E-state index in [9.17, 15) is 20.1 Å². The molecule has 3 N–H and O–H groups in total. The number of aliphatic hydroxyl groups is 2. The third-order valence-corrected chi connectivity index (χ3v) is 12.9. The molecule has 4 nitrogen and oxygen atoms in total. The summed E-state index contributed by atoms with van der Waals surface area (Å²) < 4.78 is 0. The Hall–Kier alpha value is -0.870. The van der Waals surface area contributed by atoms with E-state index in [2.05, 4.69) is 54.5 Å². The second kappa shape index (κ2) is 7.12. The van der Waals surface area contributed by atoms with Gasteiger partial charge in [0.2, 0.25) is 0 Å². The number of allylic oxidation sites excluding steroid dienone is 2. The molecule has 0 aromatic heterocycles. The van der Waals surface area contributed by atoms with Crippen molar-refractivity contribution in [2.24, 2.45) is 50.2 Å². The van der Waals surface area contributed by atoms with Crippen LogP contribution in [0.3, 0.4) is 0 Å². The summed E-state index contributed by atoms with van der Waals surface area (Å²) in [6.45, 7) is 16.2. The molecule has 0 bridgehead atoms. The fourth-order valence-corrected chi connectivity index (χ4v) is 10.8. The van der Waals surface area contributed by atoms with Crippen LogP contribution < -0.4 is 0 Å². The molecule has 5 aliphatic rings. The number of hydrogen-bond acceptors (Lipinski definition) is 3. The summed E-state index contributed by atoms with van der Waals surface area (Å²) >= 11 is 0. The highest BCUT2D eigenvalue weighted by atomic mass is 16.4. The van der Waals surface area contributed by atoms with Crippen molar-refractivity contribution in [3.05, 3.63) is 11.6 Å². The van der Waals surface area contributed by atoms with Crippen LogP contribution in [0.5, 0.6) is 0 Å². The van der Waals surface area contributed by atoms with Crippen molar-refractivity contribution < 1.29 is 20.1 Å². The topological polar surface area (TPSA) is 77.8 Å². The number of hydrogen-bond donors (Lipinski definition) is 3. The molecule has 5 aliphatic carbocycles. The molecule has 4 unspecified atom stereocenters. The van der Waals surface area contributed by atoms with Gasteiger partial charge in [0.1, 0.15) is 0 Å². The molecular formula is C30H48O4. The van der Waals surface area contributed by atoms with Crippen molar-refractivity contribution in [2.45, 2.75) is 118 Å². The SMILES string of the molecule is CC1(C)CC[C@]2(C(=O)O)CCC3(C)C(=CCC4[C@@]5(C)CC[C@H](O)C(C)(C)C5[C@H](O)C[C@]43C)C2C1. The molecule has 0 radical (unpaired) electrons. The van der Waals surface area contributed by atoms with Gasteiger partial charge < -0.3 is 15.3 Å². The standard InChI is InChI=1S/C30H48O4/c1-25(2)12-14-30(24(33)34)15-13-28(6)18(19(30)16-25)8-9-21-27(5)11-10-22(32)26(3,4)23(27)20(31)17-29(21,28)7/h8,19-23,31-32H,9-17H2,1-7H3,(H,33,34)/t19?,20-,21?,22+,23?,27-,28?,29-,30+/m1/s1. The Labute approximate surface area is 206 Å². The summed E-state index contributed by atoms with van der Waals surface area (Å²) in [5.74, 6) is 0.0121. The fraction of sp³-hybridized carbons (Fsp3) is 0.900. The first kappa shape index (κ1) is 24.8. The van der Waals surface area contributed by atoms with E-state index in [1.807, 2.05) is 0 Å². The molecule has 0 aliphatic heterocycles. The predicted octanol–water partition coefficient (Wildman–Crippen LogP) is 6.20. The molecule has 4 heteroatoms. The highest BCUT2D eigenvalue weighted by molar-refractivity contribution is 5.76. The van der Waals surface area contributed by atoms with Gasteiger partial charge in [-0.2, -0.15) is 0 Å². The lowest BCUT2D eigenvalue weighted by atomic mass is 9.33. The van der Waals surface area contributed by atoms with Crippen LogP contribution in [-0.2, 0) is 4.79 Å². The van der Waals surface area contributed by atoms with Gasteiger partial charge >= 0.3 is 5.97 Å². The smallest absolute Gasteiger partial charge is 0.310 e. The number of rotatable bonds is 1. The Morgan fingerprint density at radius 1 is 0.912 bits per heavy atom. The first-order chi connectivity index (χ1) is 15.6. The quantitative estimate of drug-likeness (QED) is 0.397. The van der Waals surface area contributed by atoms with Gasteiger partial charge in [-0.15, -0.1) is 0 Å². The van der Waals surface area contributed by atoms with Crippen molar-refractivity contribution in [1.82, 2.24) is 0 Å². The van der Waals surface area contributed by atoms with E-state index >= 15 is 0 Å². The molecular weight excluding hydrogens is 424 g/mol. The highest BCUT2D eigenvalue weighted by Gasteiger charge is 2.70. The van der Waals surface area contributed by atoms with Gasteiger partial charge in [0.05, 0.1) is 17.6 Å². The molecule has 0 heterocycles. The average molecular weight is 473 g/mol. The second-order valence-corrected chi connectivity index (χ2v) is 15.2. The van der Waals surface area contributed by atoms with E-state index in [1.54, 1.807) is 0 Å². The minimum absolute atomic E-state index is 0.0344. The van der Waals surface area contributed by atoms with Crippen molar-refractivity contribution in [2.75, 3.05) is 0 Å². The number of carboxylic acid groups (broad SMARTS) is 1. The van der Waals surface area contributed by atoms with E-state index in [0.717, 1.165) is 57.8 Å². The van der Waals surface area contributed by atoms with Gasteiger partial charge in [0.25, 0.3) is 0 Å². The molecule has 0 aromatic carbocycles. The van der Waals surface area contributed by atoms with Crippen LogP contribution in [0.2, 0.25) is 0 Å². The minimum Gasteiger partial charge on any atom is -0.481 e. The number of aliphatic carboxylic acids is 1. The molecule has 34 heavy (non-hydrogen) atoms. The van der Waals surface area contributed by atoms with Crippen LogP contribution >= 0.6 is 0 Å². The van der Waals surface area contributed by atoms with Crippen molar-refractivity contribution in [3.63, 3.8) is 0 Å². The molecule has 4 fully saturated rings. The first-order valence-electron chi connectivity index (χ1n) is 13.9. The van der Waals surface area contributed by atoms with Crippen LogP contribution in [0.1, 0.15) is 106 Å². The number of carbonyl (C=O) groups is 1. The molecule has 192 valence electrons. The Morgan fingerprint density at radius 3 is 2.21 bits per heavy atom. The number of carboxylic acids is 1. The molecule has 0 saturated heterocycles. The van der Waals surface area contributed by atoms with Crippen molar-refractivity contribution >= 4 is 5.97 Å². The zero-order valence-corrected chi connectivity index (χ0v) is 22.6. The van der Waals surface area contributed by atoms with Gasteiger partial charge in [-0.3, -0.25) is 4.79 Å². The van der Waals surface area contributed by atoms with Crippen LogP contribution in [0, 0.1) is 50.2 Å². The van der Waals surface area contributed by atoms with E-state index in [1.165, 1.54) is 5.57 Å². The Morgan fingerprint density at radius 2 is 1.56 bits per heavy atom. The normalized spacial score (nSPS) is 53.4. The first-order valence-corrected chi connectivity index (χ1v) is 13.9. The molecule has 0 spiro atoms. The van der Waals surface area contributed by atoms with Crippen molar-refractivity contribution in [1.29, 1.82) is 0 Å². The monoisotopic (exact) mass is 472 g/mol. The molecule has 4 saturated carbocycles. The van der Waals surface area contributed by atoms with Gasteiger partial charge in [-0.05, 0) is 103 Å². The molecule has 0 aromatic rings. The lowest BCUT2D eigenvalue weighted by Crippen LogP contribution is -2.68. The minimum atomic E-state index is -0.624. The maximum absolute atomic E-state index is 12.8. The van der Waals surface area contributed by atoms with E-state index < -0.39 is 17.5 Å². The summed E-state index contributed by atoms with van der Waals surface area (Å²) in [6.07, 6.45) is 9.49.